The fraction of sp³-hybridized carbons (Fsp3) is 0.250. The van der Waals surface area contributed by atoms with Gasteiger partial charge in [-0.3, -0.25) is 0 Å². The van der Waals surface area contributed by atoms with E-state index in [1.807, 2.05) is 6.07 Å². The predicted octanol–water partition coefficient (Wildman–Crippen LogP) is 2.21. The minimum absolute atomic E-state index is 0.206. The highest BCUT2D eigenvalue weighted by Crippen LogP contribution is 2.23. The maximum absolute atomic E-state index is 9.86. The molecule has 1 heterocycles. The van der Waals surface area contributed by atoms with Crippen LogP contribution in [0.15, 0.2) is 30.3 Å². The van der Waals surface area contributed by atoms with E-state index >= 15 is 0 Å². The SMILES string of the molecule is OC(CS)C(O)c1ccc2nc(Cl)ccc2c1. The molecule has 1 aromatic heterocycles. The van der Waals surface area contributed by atoms with Gasteiger partial charge in [-0.2, -0.15) is 12.6 Å². The Balaban J connectivity index is 2.41. The summed E-state index contributed by atoms with van der Waals surface area (Å²) in [5.74, 6) is 0.206. The highest BCUT2D eigenvalue weighted by Gasteiger charge is 2.17. The molecule has 0 spiro atoms. The first-order valence-electron chi connectivity index (χ1n) is 5.15. The second-order valence-electron chi connectivity index (χ2n) is 3.78. The summed E-state index contributed by atoms with van der Waals surface area (Å²) in [5, 5.41) is 20.7. The maximum atomic E-state index is 9.86. The second kappa shape index (κ2) is 5.23. The summed E-state index contributed by atoms with van der Waals surface area (Å²) in [6.07, 6.45) is -1.82. The quantitative estimate of drug-likeness (QED) is 0.592. The van der Waals surface area contributed by atoms with Crippen molar-refractivity contribution in [1.29, 1.82) is 0 Å². The van der Waals surface area contributed by atoms with Crippen molar-refractivity contribution in [3.05, 3.63) is 41.0 Å². The van der Waals surface area contributed by atoms with Gasteiger partial charge in [-0.05, 0) is 29.8 Å². The van der Waals surface area contributed by atoms with Crippen LogP contribution in [-0.4, -0.2) is 27.1 Å². The van der Waals surface area contributed by atoms with Gasteiger partial charge in [0.25, 0.3) is 0 Å². The molecule has 2 rings (SSSR count). The number of thiol groups is 1. The Morgan fingerprint density at radius 1 is 1.24 bits per heavy atom. The number of aromatic nitrogens is 1. The third kappa shape index (κ3) is 2.72. The lowest BCUT2D eigenvalue weighted by Gasteiger charge is -2.16. The smallest absolute Gasteiger partial charge is 0.129 e. The summed E-state index contributed by atoms with van der Waals surface area (Å²) in [6.45, 7) is 0. The Bertz CT molecular complexity index is 535. The van der Waals surface area contributed by atoms with Crippen LogP contribution in [0.4, 0.5) is 0 Å². The molecule has 0 fully saturated rings. The number of benzene rings is 1. The van der Waals surface area contributed by atoms with Crippen LogP contribution in [0.3, 0.4) is 0 Å². The zero-order valence-corrected chi connectivity index (χ0v) is 10.6. The molecular formula is C12H12ClNO2S. The molecule has 0 aliphatic heterocycles. The minimum Gasteiger partial charge on any atom is -0.389 e. The Hall–Kier alpha value is -0.810. The minimum atomic E-state index is -0.937. The van der Waals surface area contributed by atoms with Crippen molar-refractivity contribution in [2.45, 2.75) is 12.2 Å². The third-order valence-electron chi connectivity index (χ3n) is 2.57. The number of pyridine rings is 1. The molecule has 17 heavy (non-hydrogen) atoms. The fourth-order valence-corrected chi connectivity index (χ4v) is 1.98. The molecule has 2 atom stereocenters. The van der Waals surface area contributed by atoms with Gasteiger partial charge >= 0.3 is 0 Å². The molecular weight excluding hydrogens is 258 g/mol. The molecule has 90 valence electrons. The first kappa shape index (κ1) is 12.6. The summed E-state index contributed by atoms with van der Waals surface area (Å²) >= 11 is 9.74. The first-order chi connectivity index (χ1) is 8.11. The average Bonchev–Trinajstić information content (AvgIpc) is 2.36. The number of fused-ring (bicyclic) bond motifs is 1. The van der Waals surface area contributed by atoms with E-state index in [4.69, 9.17) is 11.6 Å². The van der Waals surface area contributed by atoms with Crippen LogP contribution in [0, 0.1) is 0 Å². The van der Waals surface area contributed by atoms with Gasteiger partial charge in [-0.15, -0.1) is 0 Å². The van der Waals surface area contributed by atoms with Gasteiger partial charge in [0.05, 0.1) is 11.6 Å². The van der Waals surface area contributed by atoms with Crippen LogP contribution in [0.25, 0.3) is 10.9 Å². The van der Waals surface area contributed by atoms with Crippen LogP contribution >= 0.6 is 24.2 Å². The third-order valence-corrected chi connectivity index (χ3v) is 3.16. The maximum Gasteiger partial charge on any atom is 0.129 e. The van der Waals surface area contributed by atoms with Gasteiger partial charge in [0.15, 0.2) is 0 Å². The molecule has 1 aromatic carbocycles. The Kier molecular flexibility index (Phi) is 3.89. The zero-order valence-electron chi connectivity index (χ0n) is 8.92. The van der Waals surface area contributed by atoms with E-state index in [-0.39, 0.29) is 5.75 Å². The lowest BCUT2D eigenvalue weighted by Crippen LogP contribution is -2.19. The molecule has 0 aliphatic carbocycles. The summed E-state index contributed by atoms with van der Waals surface area (Å²) < 4.78 is 0. The molecule has 3 nitrogen and oxygen atoms in total. The Morgan fingerprint density at radius 3 is 2.71 bits per heavy atom. The fourth-order valence-electron chi connectivity index (χ4n) is 1.63. The summed E-state index contributed by atoms with van der Waals surface area (Å²) in [7, 11) is 0. The van der Waals surface area contributed by atoms with Gasteiger partial charge in [-0.1, -0.05) is 17.7 Å². The molecule has 0 saturated carbocycles. The van der Waals surface area contributed by atoms with Gasteiger partial charge in [0.1, 0.15) is 11.3 Å². The standard InChI is InChI=1S/C12H12ClNO2S/c13-11-4-2-7-5-8(1-3-9(7)14-11)12(16)10(15)6-17/h1-5,10,12,15-17H,6H2. The normalized spacial score (nSPS) is 14.8. The van der Waals surface area contributed by atoms with Crippen molar-refractivity contribution in [1.82, 2.24) is 4.98 Å². The number of nitrogens with zero attached hydrogens (tertiary/aromatic N) is 1. The average molecular weight is 270 g/mol. The predicted molar refractivity (Wildman–Crippen MR) is 71.6 cm³/mol. The Morgan fingerprint density at radius 2 is 2.00 bits per heavy atom. The molecule has 0 bridgehead atoms. The van der Waals surface area contributed by atoms with Gasteiger partial charge in [0, 0.05) is 11.1 Å². The van der Waals surface area contributed by atoms with Crippen LogP contribution in [0.1, 0.15) is 11.7 Å². The van der Waals surface area contributed by atoms with Crippen molar-refractivity contribution >= 4 is 35.1 Å². The van der Waals surface area contributed by atoms with Crippen LogP contribution in [0.2, 0.25) is 5.15 Å². The zero-order chi connectivity index (χ0) is 12.4. The molecule has 0 radical (unpaired) electrons. The van der Waals surface area contributed by atoms with Crippen molar-refractivity contribution < 1.29 is 10.2 Å². The first-order valence-corrected chi connectivity index (χ1v) is 6.16. The van der Waals surface area contributed by atoms with E-state index in [9.17, 15) is 10.2 Å². The van der Waals surface area contributed by atoms with E-state index < -0.39 is 12.2 Å². The van der Waals surface area contributed by atoms with E-state index in [0.717, 1.165) is 10.9 Å². The monoisotopic (exact) mass is 269 g/mol. The number of rotatable bonds is 3. The number of hydrogen-bond donors (Lipinski definition) is 3. The highest BCUT2D eigenvalue weighted by molar-refractivity contribution is 7.80. The van der Waals surface area contributed by atoms with Crippen molar-refractivity contribution in [3.63, 3.8) is 0 Å². The summed E-state index contributed by atoms with van der Waals surface area (Å²) in [5.41, 5.74) is 1.40. The van der Waals surface area contributed by atoms with E-state index in [1.54, 1.807) is 24.3 Å². The number of aliphatic hydroxyl groups excluding tert-OH is 2. The molecule has 0 saturated heterocycles. The molecule has 2 unspecified atom stereocenters. The van der Waals surface area contributed by atoms with E-state index in [0.29, 0.717) is 10.7 Å². The molecule has 0 aliphatic rings. The van der Waals surface area contributed by atoms with E-state index in [2.05, 4.69) is 17.6 Å². The number of aliphatic hydroxyl groups is 2. The van der Waals surface area contributed by atoms with E-state index in [1.165, 1.54) is 0 Å². The Labute approximate surface area is 109 Å². The van der Waals surface area contributed by atoms with Crippen molar-refractivity contribution in [3.8, 4) is 0 Å². The molecule has 2 aromatic rings. The molecule has 0 amide bonds. The molecule has 2 N–H and O–H groups in total. The molecule has 5 heteroatoms. The van der Waals surface area contributed by atoms with Gasteiger partial charge in [-0.25, -0.2) is 4.98 Å². The topological polar surface area (TPSA) is 53.4 Å². The largest absolute Gasteiger partial charge is 0.389 e. The van der Waals surface area contributed by atoms with Crippen molar-refractivity contribution in [2.24, 2.45) is 0 Å². The number of hydrogen-bond acceptors (Lipinski definition) is 4. The van der Waals surface area contributed by atoms with Gasteiger partial charge < -0.3 is 10.2 Å². The highest BCUT2D eigenvalue weighted by atomic mass is 35.5. The lowest BCUT2D eigenvalue weighted by atomic mass is 10.0. The van der Waals surface area contributed by atoms with Crippen LogP contribution in [-0.2, 0) is 0 Å². The summed E-state index contributed by atoms with van der Waals surface area (Å²) in [6, 6.07) is 8.80. The second-order valence-corrected chi connectivity index (χ2v) is 4.53. The van der Waals surface area contributed by atoms with Crippen molar-refractivity contribution in [2.75, 3.05) is 5.75 Å². The lowest BCUT2D eigenvalue weighted by molar-refractivity contribution is 0.0338. The van der Waals surface area contributed by atoms with Crippen LogP contribution < -0.4 is 0 Å². The summed E-state index contributed by atoms with van der Waals surface area (Å²) in [4.78, 5) is 4.15. The van der Waals surface area contributed by atoms with Crippen LogP contribution in [0.5, 0.6) is 0 Å². The number of halogens is 1. The van der Waals surface area contributed by atoms with Gasteiger partial charge in [0.2, 0.25) is 0 Å².